The van der Waals surface area contributed by atoms with Gasteiger partial charge in [-0.25, -0.2) is 4.79 Å². The fraction of sp³-hybridized carbons (Fsp3) is 0.250. The summed E-state index contributed by atoms with van der Waals surface area (Å²) < 4.78 is 27.1. The van der Waals surface area contributed by atoms with Gasteiger partial charge in [-0.2, -0.15) is 13.7 Å². The van der Waals surface area contributed by atoms with E-state index in [0.29, 0.717) is 0 Å². The van der Waals surface area contributed by atoms with E-state index in [9.17, 15) is 13.2 Å². The molecule has 1 aromatic heterocycles. The van der Waals surface area contributed by atoms with E-state index < -0.39 is 24.3 Å². The van der Waals surface area contributed by atoms with Crippen molar-refractivity contribution >= 4 is 24.3 Å². The first-order valence-electron chi connectivity index (χ1n) is 3.75. The van der Waals surface area contributed by atoms with Crippen LogP contribution in [-0.4, -0.2) is 27.8 Å². The Balaban J connectivity index is 3.45. The zero-order chi connectivity index (χ0) is 11.6. The Morgan fingerprint density at radius 2 is 2.20 bits per heavy atom. The zero-order valence-electron chi connectivity index (χ0n) is 8.05. The van der Waals surface area contributed by atoms with Gasteiger partial charge in [-0.3, -0.25) is 0 Å². The molecule has 0 aliphatic heterocycles. The largest absolute Gasteiger partial charge is 0.462 e. The van der Waals surface area contributed by atoms with E-state index in [0.717, 1.165) is 13.4 Å². The minimum Gasteiger partial charge on any atom is -0.462 e. The lowest BCUT2D eigenvalue weighted by Gasteiger charge is -1.91. The first kappa shape index (κ1) is 11.7. The number of hydrogen-bond donors (Lipinski definition) is 0. The van der Waals surface area contributed by atoms with Gasteiger partial charge in [0.15, 0.2) is 5.38 Å². The molecule has 0 fully saturated rings. The third-order valence-electron chi connectivity index (χ3n) is 1.58. The number of thiophene rings is 1. The molecule has 1 rings (SSSR count). The Morgan fingerprint density at radius 3 is 2.60 bits per heavy atom. The summed E-state index contributed by atoms with van der Waals surface area (Å²) in [6, 6.07) is 3.04. The summed E-state index contributed by atoms with van der Waals surface area (Å²) in [6.45, 7) is 0. The van der Waals surface area contributed by atoms with Crippen molar-refractivity contribution in [2.75, 3.05) is 13.4 Å². The van der Waals surface area contributed by atoms with Crippen LogP contribution in [0.15, 0.2) is 11.4 Å². The van der Waals surface area contributed by atoms with E-state index in [1.807, 2.05) is 0 Å². The van der Waals surface area contributed by atoms with Crippen LogP contribution in [0.5, 0.6) is 0 Å². The molecule has 0 saturated carbocycles. The van der Waals surface area contributed by atoms with Gasteiger partial charge in [-0.1, -0.05) is 0 Å². The molecule has 1 heterocycles. The molecule has 80 valence electrons. The van der Waals surface area contributed by atoms with Crippen LogP contribution in [-0.2, 0) is 13.6 Å². The first-order chi connectivity index (χ1) is 6.90. The van der Waals surface area contributed by atoms with Crippen LogP contribution in [0.3, 0.4) is 0 Å². The normalized spacial score (nSPS) is 11.9. The lowest BCUT2D eigenvalue weighted by atomic mass is 10.3. The highest BCUT2D eigenvalue weighted by Gasteiger charge is 2.32. The highest BCUT2D eigenvalue weighted by Crippen LogP contribution is 2.32. The predicted molar refractivity (Wildman–Crippen MR) is 55.2 cm³/mol. The van der Waals surface area contributed by atoms with Gasteiger partial charge in [-0.05, 0) is 0 Å². The minimum atomic E-state index is -3.42. The minimum absolute atomic E-state index is 0.0107. The molecule has 0 saturated heterocycles. The fourth-order valence-electron chi connectivity index (χ4n) is 0.963. The van der Waals surface area contributed by atoms with Gasteiger partial charge in [0.2, 0.25) is 0 Å². The van der Waals surface area contributed by atoms with Crippen molar-refractivity contribution < 1.29 is 17.9 Å². The molecule has 0 bridgehead atoms. The molecule has 1 atom stereocenters. The standard InChI is InChI=1S/C8H8NO4S2/c1-13-8(10)7-3-6(4-9)5-14(7)15(2,11)12/h3,5H,1-2H3/q+1. The van der Waals surface area contributed by atoms with Crippen molar-refractivity contribution in [3.63, 3.8) is 0 Å². The maximum absolute atomic E-state index is 11.3. The SMILES string of the molecule is COC(=O)c1cc(C#N)c[s+]1S(C)(=O)=O. The highest BCUT2D eigenvalue weighted by atomic mass is 33.2. The summed E-state index contributed by atoms with van der Waals surface area (Å²) in [5.41, 5.74) is 0.171. The molecule has 1 aromatic rings. The van der Waals surface area contributed by atoms with Crippen LogP contribution in [0.25, 0.3) is 0 Å². The van der Waals surface area contributed by atoms with Gasteiger partial charge in [0.1, 0.15) is 21.1 Å². The second-order valence-electron chi connectivity index (χ2n) is 2.69. The summed E-state index contributed by atoms with van der Waals surface area (Å²) >= 11 is 0. The average Bonchev–Trinajstić information content (AvgIpc) is 2.59. The highest BCUT2D eigenvalue weighted by molar-refractivity contribution is 8.39. The Kier molecular flexibility index (Phi) is 3.12. The second kappa shape index (κ2) is 4.00. The van der Waals surface area contributed by atoms with Crippen molar-refractivity contribution in [1.82, 2.24) is 0 Å². The zero-order valence-corrected chi connectivity index (χ0v) is 9.68. The number of ether oxygens (including phenoxy) is 1. The maximum atomic E-state index is 11.3. The number of esters is 1. The third kappa shape index (κ3) is 2.34. The Labute approximate surface area is 89.2 Å². The number of rotatable bonds is 2. The van der Waals surface area contributed by atoms with Gasteiger partial charge in [-0.15, -0.1) is 0 Å². The summed E-state index contributed by atoms with van der Waals surface area (Å²) in [7, 11) is -3.62. The summed E-state index contributed by atoms with van der Waals surface area (Å²) in [4.78, 5) is 11.3. The third-order valence-corrected chi connectivity index (χ3v) is 6.20. The number of carbonyl (C=O) groups excluding carboxylic acids is 1. The van der Waals surface area contributed by atoms with Crippen LogP contribution in [0, 0.1) is 11.3 Å². The molecule has 5 nitrogen and oxygen atoms in total. The Hall–Kier alpha value is -1.39. The van der Waals surface area contributed by atoms with Crippen LogP contribution in [0.1, 0.15) is 15.2 Å². The summed E-state index contributed by atoms with van der Waals surface area (Å²) in [5.74, 6) is -0.717. The number of hydrogen-bond acceptors (Lipinski definition) is 5. The van der Waals surface area contributed by atoms with Crippen molar-refractivity contribution in [1.29, 1.82) is 5.26 Å². The van der Waals surface area contributed by atoms with Crippen LogP contribution < -0.4 is 0 Å². The number of nitriles is 1. The molecular weight excluding hydrogens is 238 g/mol. The van der Waals surface area contributed by atoms with E-state index in [4.69, 9.17) is 5.26 Å². The quantitative estimate of drug-likeness (QED) is 0.440. The monoisotopic (exact) mass is 246 g/mol. The molecular formula is C8H8NO4S2+. The molecule has 7 heteroatoms. The van der Waals surface area contributed by atoms with E-state index >= 15 is 0 Å². The first-order valence-corrected chi connectivity index (χ1v) is 7.45. The summed E-state index contributed by atoms with van der Waals surface area (Å²) in [6.07, 6.45) is 1.02. The van der Waals surface area contributed by atoms with E-state index in [2.05, 4.69) is 4.74 Å². The molecule has 0 spiro atoms. The predicted octanol–water partition coefficient (Wildman–Crippen LogP) is 0.902. The van der Waals surface area contributed by atoms with Crippen molar-refractivity contribution in [3.8, 4) is 6.07 Å². The molecule has 0 radical (unpaired) electrons. The van der Waals surface area contributed by atoms with Crippen molar-refractivity contribution in [2.24, 2.45) is 0 Å². The van der Waals surface area contributed by atoms with Gasteiger partial charge in [0, 0.05) is 6.07 Å². The van der Waals surface area contributed by atoms with Gasteiger partial charge in [0.25, 0.3) is 4.88 Å². The molecule has 15 heavy (non-hydrogen) atoms. The molecule has 0 aliphatic carbocycles. The van der Waals surface area contributed by atoms with Gasteiger partial charge in [0.05, 0.1) is 13.4 Å². The molecule has 0 aromatic carbocycles. The lowest BCUT2D eigenvalue weighted by Crippen LogP contribution is -2.01. The molecule has 0 amide bonds. The maximum Gasteiger partial charge on any atom is 0.392 e. The lowest BCUT2D eigenvalue weighted by molar-refractivity contribution is 0.0606. The number of methoxy groups -OCH3 is 1. The second-order valence-corrected chi connectivity index (χ2v) is 8.26. The van der Waals surface area contributed by atoms with Crippen LogP contribution >= 0.6 is 9.50 Å². The van der Waals surface area contributed by atoms with Gasteiger partial charge < -0.3 is 4.74 Å². The topological polar surface area (TPSA) is 84.2 Å². The van der Waals surface area contributed by atoms with Crippen molar-refractivity contribution in [2.45, 2.75) is 0 Å². The van der Waals surface area contributed by atoms with Crippen LogP contribution in [0.4, 0.5) is 0 Å². The Morgan fingerprint density at radius 1 is 1.60 bits per heavy atom. The smallest absolute Gasteiger partial charge is 0.392 e. The van der Waals surface area contributed by atoms with Crippen LogP contribution in [0.2, 0.25) is 0 Å². The van der Waals surface area contributed by atoms with Gasteiger partial charge >= 0.3 is 14.8 Å². The Bertz CT molecular complexity index is 535. The number of carbonyl (C=O) groups is 1. The molecule has 0 aliphatic rings. The fourth-order valence-corrected chi connectivity index (χ4v) is 4.60. The molecule has 1 unspecified atom stereocenters. The molecule has 0 N–H and O–H groups in total. The average molecular weight is 246 g/mol. The van der Waals surface area contributed by atoms with E-state index in [1.54, 1.807) is 6.07 Å². The van der Waals surface area contributed by atoms with E-state index in [1.165, 1.54) is 11.4 Å². The number of nitrogens with zero attached hydrogens (tertiary/aromatic N) is 1. The van der Waals surface area contributed by atoms with Crippen molar-refractivity contribution in [3.05, 3.63) is 21.9 Å². The van der Waals surface area contributed by atoms with E-state index in [-0.39, 0.29) is 10.4 Å². The summed E-state index contributed by atoms with van der Waals surface area (Å²) in [5, 5.41) is 9.88.